The molecule has 1 aromatic rings. The lowest BCUT2D eigenvalue weighted by Crippen LogP contribution is -2.42. The lowest BCUT2D eigenvalue weighted by Gasteiger charge is -2.37. The van der Waals surface area contributed by atoms with Gasteiger partial charge in [-0.2, -0.15) is 11.8 Å². The van der Waals surface area contributed by atoms with Gasteiger partial charge in [0.15, 0.2) is 0 Å². The van der Waals surface area contributed by atoms with E-state index in [1.807, 2.05) is 11.8 Å². The molecule has 20 heavy (non-hydrogen) atoms. The molecule has 1 fully saturated rings. The summed E-state index contributed by atoms with van der Waals surface area (Å²) in [6, 6.07) is 6.75. The van der Waals surface area contributed by atoms with Gasteiger partial charge in [0.25, 0.3) is 6.43 Å². The predicted molar refractivity (Wildman–Crippen MR) is 81.3 cm³/mol. The zero-order valence-corrected chi connectivity index (χ0v) is 12.6. The van der Waals surface area contributed by atoms with Crippen LogP contribution in [0.1, 0.15) is 36.9 Å². The van der Waals surface area contributed by atoms with E-state index in [0.29, 0.717) is 11.8 Å². The number of hydrogen-bond donors (Lipinski definition) is 1. The van der Waals surface area contributed by atoms with Crippen molar-refractivity contribution in [3.63, 3.8) is 0 Å². The molecule has 0 amide bonds. The summed E-state index contributed by atoms with van der Waals surface area (Å²) in [6.45, 7) is 4.77. The van der Waals surface area contributed by atoms with Crippen molar-refractivity contribution in [2.24, 2.45) is 5.73 Å². The average molecular weight is 300 g/mol. The highest BCUT2D eigenvalue weighted by atomic mass is 32.2. The summed E-state index contributed by atoms with van der Waals surface area (Å²) in [6.07, 6.45) is -1.25. The molecule has 1 aromatic carbocycles. The Hall–Kier alpha value is -0.650. The molecule has 1 heterocycles. The fraction of sp³-hybridized carbons (Fsp3) is 0.600. The van der Waals surface area contributed by atoms with E-state index in [-0.39, 0.29) is 11.6 Å². The first kappa shape index (κ1) is 15.7. The molecule has 2 N–H and O–H groups in total. The van der Waals surface area contributed by atoms with Crippen LogP contribution in [0.2, 0.25) is 0 Å². The Kier molecular flexibility index (Phi) is 5.81. The molecular weight excluding hydrogens is 278 g/mol. The molecule has 2 atom stereocenters. The van der Waals surface area contributed by atoms with Crippen LogP contribution in [0.15, 0.2) is 24.3 Å². The third-order valence-corrected chi connectivity index (χ3v) is 5.23. The number of rotatable bonds is 5. The fourth-order valence-electron chi connectivity index (χ4n) is 2.63. The summed E-state index contributed by atoms with van der Waals surface area (Å²) in [7, 11) is 0. The Morgan fingerprint density at radius 2 is 1.95 bits per heavy atom. The molecule has 0 aliphatic carbocycles. The van der Waals surface area contributed by atoms with Gasteiger partial charge in [0.1, 0.15) is 0 Å². The monoisotopic (exact) mass is 300 g/mol. The predicted octanol–water partition coefficient (Wildman–Crippen LogP) is 3.45. The van der Waals surface area contributed by atoms with E-state index in [2.05, 4.69) is 11.8 Å². The van der Waals surface area contributed by atoms with E-state index in [9.17, 15) is 8.78 Å². The zero-order chi connectivity index (χ0) is 14.5. The standard InChI is InChI=1S/C15H22F2N2S/c1-2-13-10-19(7-8-20-13)14(9-18)11-3-5-12(6-4-11)15(16)17/h3-6,13-15H,2,7-10,18H2,1H3. The summed E-state index contributed by atoms with van der Waals surface area (Å²) >= 11 is 2.01. The molecule has 1 aliphatic heterocycles. The van der Waals surface area contributed by atoms with E-state index in [1.54, 1.807) is 12.1 Å². The van der Waals surface area contributed by atoms with Crippen molar-refractivity contribution in [3.8, 4) is 0 Å². The summed E-state index contributed by atoms with van der Waals surface area (Å²) in [5.74, 6) is 1.12. The van der Waals surface area contributed by atoms with E-state index in [0.717, 1.165) is 30.8 Å². The molecule has 0 radical (unpaired) electrons. The highest BCUT2D eigenvalue weighted by Crippen LogP contribution is 2.29. The van der Waals surface area contributed by atoms with Crippen molar-refractivity contribution in [3.05, 3.63) is 35.4 Å². The van der Waals surface area contributed by atoms with Gasteiger partial charge >= 0.3 is 0 Å². The molecule has 112 valence electrons. The van der Waals surface area contributed by atoms with Gasteiger partial charge in [-0.25, -0.2) is 8.78 Å². The maximum Gasteiger partial charge on any atom is 0.263 e. The summed E-state index contributed by atoms with van der Waals surface area (Å²) in [5.41, 5.74) is 7.04. The van der Waals surface area contributed by atoms with Gasteiger partial charge in [0.05, 0.1) is 0 Å². The third kappa shape index (κ3) is 3.71. The molecule has 1 aliphatic rings. The van der Waals surface area contributed by atoms with Crippen LogP contribution in [-0.4, -0.2) is 35.5 Å². The summed E-state index contributed by atoms with van der Waals surface area (Å²) in [5, 5.41) is 0.651. The van der Waals surface area contributed by atoms with Gasteiger partial charge in [0.2, 0.25) is 0 Å². The molecule has 2 nitrogen and oxygen atoms in total. The van der Waals surface area contributed by atoms with Crippen molar-refractivity contribution in [1.29, 1.82) is 0 Å². The first-order valence-electron chi connectivity index (χ1n) is 7.09. The molecule has 0 bridgehead atoms. The van der Waals surface area contributed by atoms with Crippen molar-refractivity contribution in [2.75, 3.05) is 25.4 Å². The first-order valence-corrected chi connectivity index (χ1v) is 8.14. The topological polar surface area (TPSA) is 29.3 Å². The zero-order valence-electron chi connectivity index (χ0n) is 11.8. The van der Waals surface area contributed by atoms with Crippen molar-refractivity contribution in [1.82, 2.24) is 4.90 Å². The maximum absolute atomic E-state index is 12.6. The Morgan fingerprint density at radius 3 is 2.50 bits per heavy atom. The molecule has 2 unspecified atom stereocenters. The Bertz CT molecular complexity index is 411. The van der Waals surface area contributed by atoms with E-state index in [4.69, 9.17) is 5.73 Å². The SMILES string of the molecule is CCC1CN(C(CN)c2ccc(C(F)F)cc2)CCS1. The van der Waals surface area contributed by atoms with E-state index < -0.39 is 6.43 Å². The minimum atomic E-state index is -2.41. The van der Waals surface area contributed by atoms with Crippen LogP contribution < -0.4 is 5.73 Å². The highest BCUT2D eigenvalue weighted by molar-refractivity contribution is 8.00. The van der Waals surface area contributed by atoms with Crippen molar-refractivity contribution >= 4 is 11.8 Å². The van der Waals surface area contributed by atoms with Crippen LogP contribution in [0.4, 0.5) is 8.78 Å². The molecule has 0 saturated carbocycles. The number of thioether (sulfide) groups is 1. The summed E-state index contributed by atoms with van der Waals surface area (Å²) < 4.78 is 25.2. The number of benzene rings is 1. The second-order valence-electron chi connectivity index (χ2n) is 5.11. The normalized spacial score (nSPS) is 22.1. The minimum absolute atomic E-state index is 0.0742. The van der Waals surface area contributed by atoms with Gasteiger partial charge in [-0.1, -0.05) is 31.2 Å². The summed E-state index contributed by atoms with van der Waals surface area (Å²) in [4.78, 5) is 2.39. The minimum Gasteiger partial charge on any atom is -0.329 e. The highest BCUT2D eigenvalue weighted by Gasteiger charge is 2.25. The number of nitrogens with zero attached hydrogens (tertiary/aromatic N) is 1. The largest absolute Gasteiger partial charge is 0.329 e. The van der Waals surface area contributed by atoms with Crippen molar-refractivity contribution < 1.29 is 8.78 Å². The maximum atomic E-state index is 12.6. The number of alkyl halides is 2. The van der Waals surface area contributed by atoms with Crippen LogP contribution >= 0.6 is 11.8 Å². The van der Waals surface area contributed by atoms with Crippen molar-refractivity contribution in [2.45, 2.75) is 31.1 Å². The van der Waals surface area contributed by atoms with Crippen LogP contribution in [-0.2, 0) is 0 Å². The van der Waals surface area contributed by atoms with Gasteiger partial charge < -0.3 is 5.73 Å². The lowest BCUT2D eigenvalue weighted by molar-refractivity contribution is 0.151. The smallest absolute Gasteiger partial charge is 0.263 e. The van der Waals surface area contributed by atoms with Gasteiger partial charge in [-0.3, -0.25) is 4.90 Å². The Morgan fingerprint density at radius 1 is 1.30 bits per heavy atom. The lowest BCUT2D eigenvalue weighted by atomic mass is 10.0. The second kappa shape index (κ2) is 7.38. The third-order valence-electron chi connectivity index (χ3n) is 3.86. The molecule has 2 rings (SSSR count). The molecular formula is C15H22F2N2S. The quantitative estimate of drug-likeness (QED) is 0.903. The fourth-order valence-corrected chi connectivity index (χ4v) is 3.84. The Labute approximate surface area is 123 Å². The van der Waals surface area contributed by atoms with Gasteiger partial charge in [0, 0.05) is 42.2 Å². The van der Waals surface area contributed by atoms with Crippen LogP contribution in [0.5, 0.6) is 0 Å². The second-order valence-corrected chi connectivity index (χ2v) is 6.52. The van der Waals surface area contributed by atoms with Crippen LogP contribution in [0, 0.1) is 0 Å². The van der Waals surface area contributed by atoms with E-state index in [1.165, 1.54) is 12.1 Å². The number of nitrogens with two attached hydrogens (primary N) is 1. The Balaban J connectivity index is 2.10. The first-order chi connectivity index (χ1) is 9.65. The number of halogens is 2. The molecule has 0 aromatic heterocycles. The van der Waals surface area contributed by atoms with Gasteiger partial charge in [-0.05, 0) is 12.0 Å². The molecule has 5 heteroatoms. The molecule has 1 saturated heterocycles. The van der Waals surface area contributed by atoms with E-state index >= 15 is 0 Å². The van der Waals surface area contributed by atoms with Gasteiger partial charge in [-0.15, -0.1) is 0 Å². The molecule has 0 spiro atoms. The number of hydrogen-bond acceptors (Lipinski definition) is 3. The van der Waals surface area contributed by atoms with Crippen LogP contribution in [0.3, 0.4) is 0 Å². The average Bonchev–Trinajstić information content (AvgIpc) is 2.49. The van der Waals surface area contributed by atoms with Crippen LogP contribution in [0.25, 0.3) is 0 Å².